The van der Waals surface area contributed by atoms with Crippen LogP contribution in [-0.2, 0) is 14.8 Å². The molecule has 1 atom stereocenters. The molecule has 8 heteroatoms. The lowest BCUT2D eigenvalue weighted by molar-refractivity contribution is -0.0575. The first-order valence-electron chi connectivity index (χ1n) is 9.42. The van der Waals surface area contributed by atoms with E-state index in [2.05, 4.69) is 4.98 Å². The molecule has 1 aromatic heterocycles. The third-order valence-corrected chi connectivity index (χ3v) is 5.89. The van der Waals surface area contributed by atoms with Crippen LogP contribution in [0.25, 0.3) is 0 Å². The van der Waals surface area contributed by atoms with E-state index in [1.807, 2.05) is 37.3 Å². The van der Waals surface area contributed by atoms with Crippen molar-refractivity contribution in [1.29, 1.82) is 0 Å². The molecule has 0 saturated heterocycles. The minimum Gasteiger partial charge on any atom is -0.457 e. The number of rotatable bonds is 6. The summed E-state index contributed by atoms with van der Waals surface area (Å²) in [6, 6.07) is 18.2. The van der Waals surface area contributed by atoms with Crippen molar-refractivity contribution in [3.63, 3.8) is 0 Å². The topological polar surface area (TPSA) is 78.0 Å². The second-order valence-electron chi connectivity index (χ2n) is 7.02. The number of nitrogens with zero attached hydrogens (tertiary/aromatic N) is 2. The summed E-state index contributed by atoms with van der Waals surface area (Å²) in [6.45, 7) is 2.14. The summed E-state index contributed by atoms with van der Waals surface area (Å²) in [5.41, 5.74) is 2.39. The Bertz CT molecular complexity index is 1120. The third-order valence-electron chi connectivity index (χ3n) is 4.73. The van der Waals surface area contributed by atoms with E-state index < -0.39 is 16.1 Å². The molecule has 0 amide bonds. The van der Waals surface area contributed by atoms with Crippen LogP contribution in [0.1, 0.15) is 17.2 Å². The summed E-state index contributed by atoms with van der Waals surface area (Å²) < 4.78 is 43.2. The summed E-state index contributed by atoms with van der Waals surface area (Å²) >= 11 is 0. The minimum absolute atomic E-state index is 0.0234. The van der Waals surface area contributed by atoms with Crippen molar-refractivity contribution in [3.8, 4) is 17.4 Å². The van der Waals surface area contributed by atoms with E-state index in [4.69, 9.17) is 14.2 Å². The maximum atomic E-state index is 12.5. The fourth-order valence-electron chi connectivity index (χ4n) is 3.19. The molecule has 0 spiro atoms. The third kappa shape index (κ3) is 4.55. The molecule has 4 rings (SSSR count). The molecule has 0 N–H and O–H groups in total. The zero-order valence-electron chi connectivity index (χ0n) is 16.7. The van der Waals surface area contributed by atoms with Crippen molar-refractivity contribution in [3.05, 3.63) is 78.0 Å². The monoisotopic (exact) mass is 426 g/mol. The van der Waals surface area contributed by atoms with Gasteiger partial charge in [-0.2, -0.15) is 0 Å². The normalized spacial score (nSPS) is 15.7. The minimum atomic E-state index is -3.55. The fourth-order valence-corrected chi connectivity index (χ4v) is 4.10. The first-order valence-corrected chi connectivity index (χ1v) is 11.3. The van der Waals surface area contributed by atoms with Crippen LogP contribution in [0.4, 0.5) is 5.69 Å². The van der Waals surface area contributed by atoms with E-state index in [0.717, 1.165) is 11.1 Å². The smallest absolute Gasteiger partial charge is 0.232 e. The van der Waals surface area contributed by atoms with Gasteiger partial charge >= 0.3 is 0 Å². The Hall–Kier alpha value is -3.10. The number of anilines is 1. The second-order valence-corrected chi connectivity index (χ2v) is 8.93. The molecule has 156 valence electrons. The van der Waals surface area contributed by atoms with Gasteiger partial charge in [0.15, 0.2) is 6.79 Å². The number of hydrogen-bond donors (Lipinski definition) is 0. The molecule has 7 nitrogen and oxygen atoms in total. The highest BCUT2D eigenvalue weighted by molar-refractivity contribution is 7.92. The van der Waals surface area contributed by atoms with Crippen molar-refractivity contribution < 1.29 is 22.6 Å². The zero-order chi connectivity index (χ0) is 21.1. The van der Waals surface area contributed by atoms with Gasteiger partial charge in [0.05, 0.1) is 18.5 Å². The molecular formula is C22H22N2O5S. The Balaban J connectivity index is 1.55. The highest BCUT2D eigenvalue weighted by Gasteiger charge is 2.29. The van der Waals surface area contributed by atoms with E-state index in [1.54, 1.807) is 36.5 Å². The molecule has 0 saturated carbocycles. The molecular weight excluding hydrogens is 404 g/mol. The Kier molecular flexibility index (Phi) is 5.61. The molecule has 2 aromatic carbocycles. The fraction of sp³-hybridized carbons (Fsp3) is 0.227. The first kappa shape index (κ1) is 20.2. The average molecular weight is 426 g/mol. The quantitative estimate of drug-likeness (QED) is 0.592. The lowest BCUT2D eigenvalue weighted by Crippen LogP contribution is -2.36. The highest BCUT2D eigenvalue weighted by Crippen LogP contribution is 2.33. The van der Waals surface area contributed by atoms with Gasteiger partial charge in [0, 0.05) is 11.8 Å². The molecule has 2 heterocycles. The first-order chi connectivity index (χ1) is 14.4. The lowest BCUT2D eigenvalue weighted by Gasteiger charge is -2.30. The van der Waals surface area contributed by atoms with Gasteiger partial charge in [0.25, 0.3) is 0 Å². The Morgan fingerprint density at radius 3 is 2.40 bits per heavy atom. The summed E-state index contributed by atoms with van der Waals surface area (Å²) in [5, 5.41) is 0. The maximum absolute atomic E-state index is 12.5. The molecule has 0 fully saturated rings. The van der Waals surface area contributed by atoms with E-state index >= 15 is 0 Å². The largest absolute Gasteiger partial charge is 0.457 e. The van der Waals surface area contributed by atoms with Gasteiger partial charge in [0.2, 0.25) is 15.9 Å². The van der Waals surface area contributed by atoms with E-state index in [1.165, 1.54) is 10.6 Å². The Morgan fingerprint density at radius 1 is 1.07 bits per heavy atom. The highest BCUT2D eigenvalue weighted by atomic mass is 32.2. The van der Waals surface area contributed by atoms with Gasteiger partial charge in [-0.3, -0.25) is 4.31 Å². The summed E-state index contributed by atoms with van der Waals surface area (Å²) in [7, 11) is -3.55. The predicted molar refractivity (Wildman–Crippen MR) is 113 cm³/mol. The van der Waals surface area contributed by atoms with Crippen molar-refractivity contribution >= 4 is 15.7 Å². The summed E-state index contributed by atoms with van der Waals surface area (Å²) in [6.07, 6.45) is 2.32. The molecule has 0 aliphatic carbocycles. The number of ether oxygens (including phenoxy) is 3. The van der Waals surface area contributed by atoms with Gasteiger partial charge in [-0.15, -0.1) is 0 Å². The average Bonchev–Trinajstić information content (AvgIpc) is 2.74. The van der Waals surface area contributed by atoms with Crippen molar-refractivity contribution in [2.45, 2.75) is 13.0 Å². The number of aromatic nitrogens is 1. The van der Waals surface area contributed by atoms with Crippen LogP contribution in [-0.4, -0.2) is 33.0 Å². The SMILES string of the molecule is Cc1ccc(Oc2ccc(N(CC3OCOc4ncccc43)S(C)(=O)=O)cc2)cc1. The van der Waals surface area contributed by atoms with Gasteiger partial charge in [-0.1, -0.05) is 17.7 Å². The Morgan fingerprint density at radius 2 is 1.73 bits per heavy atom. The van der Waals surface area contributed by atoms with Crippen LogP contribution in [0.2, 0.25) is 0 Å². The lowest BCUT2D eigenvalue weighted by atomic mass is 10.1. The molecule has 3 aromatic rings. The number of sulfonamides is 1. The van der Waals surface area contributed by atoms with E-state index in [0.29, 0.717) is 23.1 Å². The van der Waals surface area contributed by atoms with Gasteiger partial charge < -0.3 is 14.2 Å². The van der Waals surface area contributed by atoms with Crippen LogP contribution in [0, 0.1) is 6.92 Å². The zero-order valence-corrected chi connectivity index (χ0v) is 17.5. The summed E-state index contributed by atoms with van der Waals surface area (Å²) in [4.78, 5) is 4.18. The number of fused-ring (bicyclic) bond motifs is 1. The van der Waals surface area contributed by atoms with Gasteiger partial charge in [-0.05, 0) is 55.5 Å². The van der Waals surface area contributed by atoms with Crippen LogP contribution in [0.15, 0.2) is 66.9 Å². The predicted octanol–water partition coefficient (Wildman–Crippen LogP) is 4.06. The Labute approximate surface area is 175 Å². The van der Waals surface area contributed by atoms with Crippen LogP contribution in [0.3, 0.4) is 0 Å². The number of aryl methyl sites for hydroxylation is 1. The van der Waals surface area contributed by atoms with Crippen LogP contribution >= 0.6 is 0 Å². The van der Waals surface area contributed by atoms with Crippen molar-refractivity contribution in [2.24, 2.45) is 0 Å². The molecule has 30 heavy (non-hydrogen) atoms. The second kappa shape index (κ2) is 8.33. The molecule has 1 aliphatic rings. The van der Waals surface area contributed by atoms with E-state index in [-0.39, 0.29) is 13.3 Å². The van der Waals surface area contributed by atoms with Crippen LogP contribution in [0.5, 0.6) is 17.4 Å². The van der Waals surface area contributed by atoms with Gasteiger partial charge in [0.1, 0.15) is 17.6 Å². The molecule has 1 aliphatic heterocycles. The van der Waals surface area contributed by atoms with Gasteiger partial charge in [-0.25, -0.2) is 13.4 Å². The summed E-state index contributed by atoms with van der Waals surface area (Å²) in [5.74, 6) is 1.80. The number of benzene rings is 2. The van der Waals surface area contributed by atoms with Crippen molar-refractivity contribution in [2.75, 3.05) is 23.9 Å². The van der Waals surface area contributed by atoms with E-state index in [9.17, 15) is 8.42 Å². The molecule has 0 radical (unpaired) electrons. The number of hydrogen-bond acceptors (Lipinski definition) is 6. The molecule has 1 unspecified atom stereocenters. The maximum Gasteiger partial charge on any atom is 0.232 e. The molecule has 0 bridgehead atoms. The van der Waals surface area contributed by atoms with Crippen LogP contribution < -0.4 is 13.8 Å². The number of pyridine rings is 1. The van der Waals surface area contributed by atoms with Crippen molar-refractivity contribution in [1.82, 2.24) is 4.98 Å². The standard InChI is InChI=1S/C22H22N2O5S/c1-16-5-9-18(10-6-16)29-19-11-7-17(8-12-19)24(30(2,25)26)14-21-20-4-3-13-23-22(20)28-15-27-21/h3-13,21H,14-15H2,1-2H3.